The minimum absolute atomic E-state index is 0.0154. The van der Waals surface area contributed by atoms with Gasteiger partial charge >= 0.3 is 0 Å². The molecule has 0 saturated heterocycles. The van der Waals surface area contributed by atoms with Crippen molar-refractivity contribution in [3.8, 4) is 0 Å². The summed E-state index contributed by atoms with van der Waals surface area (Å²) in [5.41, 5.74) is 0. The molecular formula is C14H25I3N2O7. The van der Waals surface area contributed by atoms with Crippen LogP contribution < -0.4 is 10.6 Å². The average Bonchev–Trinajstić information content (AvgIpc) is 2.58. The second kappa shape index (κ2) is 15.0. The SMILES string of the molecule is CC(=O)C(CCC(=O)NCC(OI)C(O)C(OI)C(O)CO)NC(C)I. The number of halogens is 3. The van der Waals surface area contributed by atoms with E-state index in [1.54, 1.807) is 23.0 Å². The first kappa shape index (κ1) is 27.1. The molecule has 1 amide bonds. The molecule has 6 unspecified atom stereocenters. The lowest BCUT2D eigenvalue weighted by atomic mass is 10.0. The number of hydrogen-bond donors (Lipinski definition) is 5. The number of carbonyl (C=O) groups excluding carboxylic acids is 2. The molecule has 5 N–H and O–H groups in total. The zero-order chi connectivity index (χ0) is 20.3. The molecule has 26 heavy (non-hydrogen) atoms. The van der Waals surface area contributed by atoms with E-state index in [2.05, 4.69) is 33.2 Å². The summed E-state index contributed by atoms with van der Waals surface area (Å²) in [7, 11) is 0. The zero-order valence-electron chi connectivity index (χ0n) is 14.4. The number of Topliss-reactive ketones (excluding diaryl/α,β-unsaturated/α-hetero) is 1. The van der Waals surface area contributed by atoms with Gasteiger partial charge in [0.15, 0.2) is 0 Å². The molecule has 0 aliphatic heterocycles. The maximum Gasteiger partial charge on any atom is 0.220 e. The van der Waals surface area contributed by atoms with Crippen LogP contribution in [-0.4, -0.2) is 74.7 Å². The quantitative estimate of drug-likeness (QED) is 0.0992. The molecule has 0 spiro atoms. The fourth-order valence-corrected chi connectivity index (χ4v) is 3.67. The van der Waals surface area contributed by atoms with E-state index in [0.29, 0.717) is 6.42 Å². The summed E-state index contributed by atoms with van der Waals surface area (Å²) in [6.45, 7) is 2.78. The largest absolute Gasteiger partial charge is 0.394 e. The Bertz CT molecular complexity index is 431. The van der Waals surface area contributed by atoms with Gasteiger partial charge in [0.05, 0.1) is 16.7 Å². The highest BCUT2D eigenvalue weighted by Crippen LogP contribution is 2.16. The van der Waals surface area contributed by atoms with Crippen molar-refractivity contribution < 1.29 is 31.0 Å². The molecule has 0 saturated carbocycles. The number of alkyl halides is 1. The Balaban J connectivity index is 4.54. The lowest BCUT2D eigenvalue weighted by molar-refractivity contribution is -0.123. The summed E-state index contributed by atoms with van der Waals surface area (Å²) in [5.74, 6) is -0.329. The summed E-state index contributed by atoms with van der Waals surface area (Å²) in [5, 5.41) is 34.6. The van der Waals surface area contributed by atoms with Crippen LogP contribution >= 0.6 is 68.6 Å². The Hall–Kier alpha value is 1.09. The minimum Gasteiger partial charge on any atom is -0.394 e. The van der Waals surface area contributed by atoms with Crippen molar-refractivity contribution >= 4 is 80.3 Å². The fraction of sp³-hybridized carbons (Fsp3) is 0.857. The van der Waals surface area contributed by atoms with Crippen LogP contribution in [0.25, 0.3) is 0 Å². The van der Waals surface area contributed by atoms with Crippen LogP contribution in [-0.2, 0) is 15.7 Å². The number of rotatable bonds is 14. The highest BCUT2D eigenvalue weighted by atomic mass is 127. The van der Waals surface area contributed by atoms with Crippen LogP contribution in [0.4, 0.5) is 0 Å². The highest BCUT2D eigenvalue weighted by Gasteiger charge is 2.34. The van der Waals surface area contributed by atoms with Gasteiger partial charge in [-0.3, -0.25) is 14.9 Å². The first-order valence-electron chi connectivity index (χ1n) is 7.86. The van der Waals surface area contributed by atoms with Gasteiger partial charge in [-0.1, -0.05) is 22.6 Å². The second-order valence-electron chi connectivity index (χ2n) is 5.71. The van der Waals surface area contributed by atoms with E-state index in [4.69, 9.17) is 11.2 Å². The number of amides is 1. The summed E-state index contributed by atoms with van der Waals surface area (Å²) < 4.78 is 10.2. The predicted molar refractivity (Wildman–Crippen MR) is 120 cm³/mol. The van der Waals surface area contributed by atoms with Gasteiger partial charge < -0.3 is 26.8 Å². The van der Waals surface area contributed by atoms with Crippen molar-refractivity contribution in [2.24, 2.45) is 0 Å². The van der Waals surface area contributed by atoms with Gasteiger partial charge in [-0.05, 0) is 20.3 Å². The summed E-state index contributed by atoms with van der Waals surface area (Å²) in [6.07, 6.45) is -3.99. The van der Waals surface area contributed by atoms with Crippen LogP contribution in [0.15, 0.2) is 0 Å². The van der Waals surface area contributed by atoms with Crippen LogP contribution in [0.5, 0.6) is 0 Å². The standard InChI is InChI=1S/C14H25I3N2O7/c1-7(21)9(19-8(2)15)3-4-12(23)18-5-11(25-16)13(24)14(26-17)10(22)6-20/h8-11,13-14,19-20,22,24H,3-6H2,1-2H3,(H,18,23). The molecule has 9 nitrogen and oxygen atoms in total. The zero-order valence-corrected chi connectivity index (χ0v) is 20.9. The van der Waals surface area contributed by atoms with Gasteiger partial charge in [0.25, 0.3) is 0 Å². The molecule has 0 aromatic carbocycles. The maximum atomic E-state index is 12.0. The number of carbonyl (C=O) groups is 2. The van der Waals surface area contributed by atoms with Gasteiger partial charge in [0, 0.05) is 13.0 Å². The monoisotopic (exact) mass is 714 g/mol. The second-order valence-corrected chi connectivity index (χ2v) is 8.60. The molecule has 12 heteroatoms. The van der Waals surface area contributed by atoms with Crippen molar-refractivity contribution in [1.82, 2.24) is 10.6 Å². The molecule has 154 valence electrons. The van der Waals surface area contributed by atoms with Gasteiger partial charge in [0.1, 0.15) is 76.2 Å². The fourth-order valence-electron chi connectivity index (χ4n) is 2.12. The predicted octanol–water partition coefficient (Wildman–Crippen LogP) is 0.396. The highest BCUT2D eigenvalue weighted by molar-refractivity contribution is 14.1. The number of hydrogen-bond acceptors (Lipinski definition) is 8. The Morgan fingerprint density at radius 2 is 1.81 bits per heavy atom. The van der Waals surface area contributed by atoms with Crippen LogP contribution in [0, 0.1) is 0 Å². The molecule has 0 aromatic rings. The maximum absolute atomic E-state index is 12.0. The molecule has 0 heterocycles. The van der Waals surface area contributed by atoms with E-state index in [9.17, 15) is 19.8 Å². The van der Waals surface area contributed by atoms with Crippen LogP contribution in [0.2, 0.25) is 0 Å². The molecule has 0 bridgehead atoms. The third kappa shape index (κ3) is 10.6. The van der Waals surface area contributed by atoms with E-state index in [1.807, 2.05) is 6.92 Å². The summed E-state index contributed by atoms with van der Waals surface area (Å²) >= 11 is 5.24. The van der Waals surface area contributed by atoms with E-state index in [0.717, 1.165) is 0 Å². The molecule has 0 radical (unpaired) electrons. The number of aliphatic hydroxyl groups excluding tert-OH is 3. The Morgan fingerprint density at radius 3 is 2.23 bits per heavy atom. The van der Waals surface area contributed by atoms with Crippen molar-refractivity contribution in [2.45, 2.75) is 61.2 Å². The Labute approximate surface area is 194 Å². The minimum atomic E-state index is -1.29. The topological polar surface area (TPSA) is 137 Å². The first-order valence-corrected chi connectivity index (χ1v) is 10.9. The molecule has 0 aromatic heterocycles. The van der Waals surface area contributed by atoms with Crippen molar-refractivity contribution in [2.75, 3.05) is 13.2 Å². The van der Waals surface area contributed by atoms with Crippen molar-refractivity contribution in [1.29, 1.82) is 0 Å². The Kier molecular flexibility index (Phi) is 15.6. The van der Waals surface area contributed by atoms with Gasteiger partial charge in [-0.25, -0.2) is 0 Å². The third-order valence-corrected chi connectivity index (χ3v) is 5.18. The summed E-state index contributed by atoms with van der Waals surface area (Å²) in [4.78, 5) is 23.6. The molecular weight excluding hydrogens is 689 g/mol. The molecule has 0 aliphatic rings. The van der Waals surface area contributed by atoms with Crippen LogP contribution in [0.1, 0.15) is 26.7 Å². The van der Waals surface area contributed by atoms with Gasteiger partial charge in [0.2, 0.25) is 5.91 Å². The van der Waals surface area contributed by atoms with E-state index < -0.39 is 37.1 Å². The van der Waals surface area contributed by atoms with Crippen LogP contribution in [0.3, 0.4) is 0 Å². The van der Waals surface area contributed by atoms with Gasteiger partial charge in [-0.2, -0.15) is 0 Å². The third-order valence-electron chi connectivity index (χ3n) is 3.58. The number of aliphatic hydroxyl groups is 3. The number of ketones is 1. The van der Waals surface area contributed by atoms with E-state index in [1.165, 1.54) is 29.9 Å². The average molecular weight is 714 g/mol. The van der Waals surface area contributed by atoms with E-state index >= 15 is 0 Å². The normalized spacial score (nSPS) is 18.5. The lowest BCUT2D eigenvalue weighted by Crippen LogP contribution is -2.50. The van der Waals surface area contributed by atoms with Crippen molar-refractivity contribution in [3.05, 3.63) is 0 Å². The first-order chi connectivity index (χ1) is 12.2. The Morgan fingerprint density at radius 1 is 1.19 bits per heavy atom. The van der Waals surface area contributed by atoms with E-state index in [-0.39, 0.29) is 28.7 Å². The molecule has 6 atom stereocenters. The van der Waals surface area contributed by atoms with Crippen molar-refractivity contribution in [3.63, 3.8) is 0 Å². The lowest BCUT2D eigenvalue weighted by Gasteiger charge is -2.29. The molecule has 0 fully saturated rings. The smallest absolute Gasteiger partial charge is 0.220 e. The molecule has 0 rings (SSSR count). The molecule has 0 aliphatic carbocycles. The van der Waals surface area contributed by atoms with Gasteiger partial charge in [-0.15, -0.1) is 0 Å². The summed E-state index contributed by atoms with van der Waals surface area (Å²) in [6, 6.07) is -0.397. The number of nitrogens with one attached hydrogen (secondary N) is 2.